The summed E-state index contributed by atoms with van der Waals surface area (Å²) in [5, 5.41) is 0. The number of fused-ring (bicyclic) bond motifs is 1. The van der Waals surface area contributed by atoms with Crippen LogP contribution in [0.25, 0.3) is 11.4 Å². The SMILES string of the molecule is O=c1[nH]c(-c2ccccc2)nc2c1CCN(Cc1cccc(F)c1F)C2. The highest BCUT2D eigenvalue weighted by atomic mass is 19.2. The summed E-state index contributed by atoms with van der Waals surface area (Å²) in [7, 11) is 0. The number of halogens is 2. The predicted molar refractivity (Wildman–Crippen MR) is 94.5 cm³/mol. The van der Waals surface area contributed by atoms with Crippen molar-refractivity contribution in [3.8, 4) is 11.4 Å². The van der Waals surface area contributed by atoms with Crippen LogP contribution in [0.5, 0.6) is 0 Å². The van der Waals surface area contributed by atoms with Gasteiger partial charge in [0.15, 0.2) is 11.6 Å². The van der Waals surface area contributed by atoms with Crippen LogP contribution in [0, 0.1) is 11.6 Å². The molecule has 1 N–H and O–H groups in total. The zero-order valence-electron chi connectivity index (χ0n) is 14.0. The van der Waals surface area contributed by atoms with Crippen molar-refractivity contribution in [3.63, 3.8) is 0 Å². The van der Waals surface area contributed by atoms with Gasteiger partial charge in [-0.2, -0.15) is 0 Å². The fourth-order valence-electron chi connectivity index (χ4n) is 3.27. The highest BCUT2D eigenvalue weighted by Gasteiger charge is 2.22. The molecular weight excluding hydrogens is 336 g/mol. The topological polar surface area (TPSA) is 49.0 Å². The molecular formula is C20H17F2N3O. The first kappa shape index (κ1) is 16.6. The van der Waals surface area contributed by atoms with Gasteiger partial charge in [0.05, 0.1) is 5.69 Å². The van der Waals surface area contributed by atoms with Crippen LogP contribution in [-0.4, -0.2) is 21.4 Å². The number of benzene rings is 2. The standard InChI is InChI=1S/C20H17F2N3O/c21-16-8-4-7-14(18(16)22)11-25-10-9-15-17(12-25)23-19(24-20(15)26)13-5-2-1-3-6-13/h1-8H,9-12H2,(H,23,24,26). The minimum atomic E-state index is -0.846. The van der Waals surface area contributed by atoms with E-state index in [-0.39, 0.29) is 12.1 Å². The lowest BCUT2D eigenvalue weighted by molar-refractivity contribution is 0.236. The molecule has 0 bridgehead atoms. The highest BCUT2D eigenvalue weighted by Crippen LogP contribution is 2.21. The van der Waals surface area contributed by atoms with E-state index in [1.807, 2.05) is 35.2 Å². The van der Waals surface area contributed by atoms with Crippen LogP contribution >= 0.6 is 0 Å². The number of H-pyrrole nitrogens is 1. The summed E-state index contributed by atoms with van der Waals surface area (Å²) in [6.45, 7) is 1.30. The van der Waals surface area contributed by atoms with Gasteiger partial charge >= 0.3 is 0 Å². The molecule has 0 saturated heterocycles. The Labute approximate surface area is 149 Å². The summed E-state index contributed by atoms with van der Waals surface area (Å²) < 4.78 is 27.3. The van der Waals surface area contributed by atoms with Gasteiger partial charge in [0, 0.05) is 36.3 Å². The zero-order chi connectivity index (χ0) is 18.1. The first-order valence-corrected chi connectivity index (χ1v) is 8.44. The Kier molecular flexibility index (Phi) is 4.34. The number of rotatable bonds is 3. The number of hydrogen-bond donors (Lipinski definition) is 1. The van der Waals surface area contributed by atoms with Gasteiger partial charge in [0.2, 0.25) is 0 Å². The summed E-state index contributed by atoms with van der Waals surface area (Å²) in [6.07, 6.45) is 0.531. The average molecular weight is 353 g/mol. The van der Waals surface area contributed by atoms with E-state index >= 15 is 0 Å². The van der Waals surface area contributed by atoms with E-state index in [1.165, 1.54) is 6.07 Å². The molecule has 1 aromatic heterocycles. The molecule has 4 rings (SSSR count). The third kappa shape index (κ3) is 3.15. The lowest BCUT2D eigenvalue weighted by atomic mass is 10.0. The molecule has 0 aliphatic carbocycles. The van der Waals surface area contributed by atoms with Crippen LogP contribution in [0.1, 0.15) is 16.8 Å². The molecule has 6 heteroatoms. The molecule has 2 heterocycles. The molecule has 2 aromatic carbocycles. The second-order valence-corrected chi connectivity index (χ2v) is 6.38. The van der Waals surface area contributed by atoms with E-state index in [0.717, 1.165) is 11.6 Å². The van der Waals surface area contributed by atoms with E-state index in [1.54, 1.807) is 6.07 Å². The van der Waals surface area contributed by atoms with E-state index < -0.39 is 11.6 Å². The molecule has 0 amide bonds. The molecule has 1 aliphatic rings. The van der Waals surface area contributed by atoms with Crippen molar-refractivity contribution >= 4 is 0 Å². The molecule has 0 radical (unpaired) electrons. The maximum Gasteiger partial charge on any atom is 0.254 e. The van der Waals surface area contributed by atoms with Crippen molar-refractivity contribution in [3.05, 3.63) is 87.3 Å². The third-order valence-electron chi connectivity index (χ3n) is 4.63. The molecule has 4 nitrogen and oxygen atoms in total. The Hall–Kier alpha value is -2.86. The van der Waals surface area contributed by atoms with Gasteiger partial charge in [-0.05, 0) is 12.5 Å². The van der Waals surface area contributed by atoms with Gasteiger partial charge < -0.3 is 4.98 Å². The van der Waals surface area contributed by atoms with Crippen molar-refractivity contribution in [2.45, 2.75) is 19.5 Å². The average Bonchev–Trinajstić information content (AvgIpc) is 2.66. The van der Waals surface area contributed by atoms with E-state index in [4.69, 9.17) is 0 Å². The van der Waals surface area contributed by atoms with Crippen LogP contribution in [0.4, 0.5) is 8.78 Å². The predicted octanol–water partition coefficient (Wildman–Crippen LogP) is 3.27. The summed E-state index contributed by atoms with van der Waals surface area (Å²) in [5.74, 6) is -1.14. The molecule has 0 spiro atoms. The minimum absolute atomic E-state index is 0.134. The molecule has 3 aromatic rings. The second-order valence-electron chi connectivity index (χ2n) is 6.38. The summed E-state index contributed by atoms with van der Waals surface area (Å²) in [6, 6.07) is 13.6. The lowest BCUT2D eigenvalue weighted by Crippen LogP contribution is -2.35. The van der Waals surface area contributed by atoms with Crippen LogP contribution < -0.4 is 5.56 Å². The number of nitrogens with zero attached hydrogens (tertiary/aromatic N) is 2. The Bertz CT molecular complexity index is 1000. The van der Waals surface area contributed by atoms with Crippen molar-refractivity contribution in [1.82, 2.24) is 14.9 Å². The van der Waals surface area contributed by atoms with Crippen molar-refractivity contribution in [2.24, 2.45) is 0 Å². The number of aromatic nitrogens is 2. The first-order chi connectivity index (χ1) is 12.6. The lowest BCUT2D eigenvalue weighted by Gasteiger charge is -2.27. The number of nitrogens with one attached hydrogen (secondary N) is 1. The molecule has 0 saturated carbocycles. The van der Waals surface area contributed by atoms with Gasteiger partial charge in [-0.1, -0.05) is 42.5 Å². The Balaban J connectivity index is 1.63. The Morgan fingerprint density at radius 2 is 1.88 bits per heavy atom. The fraction of sp³-hybridized carbons (Fsp3) is 0.200. The quantitative estimate of drug-likeness (QED) is 0.786. The second kappa shape index (κ2) is 6.80. The van der Waals surface area contributed by atoms with E-state index in [0.29, 0.717) is 42.2 Å². The number of aromatic amines is 1. The van der Waals surface area contributed by atoms with Crippen LogP contribution in [0.3, 0.4) is 0 Å². The van der Waals surface area contributed by atoms with E-state index in [9.17, 15) is 13.6 Å². The molecule has 0 fully saturated rings. The maximum absolute atomic E-state index is 13.9. The highest BCUT2D eigenvalue weighted by molar-refractivity contribution is 5.54. The molecule has 0 unspecified atom stereocenters. The molecule has 26 heavy (non-hydrogen) atoms. The number of hydrogen-bond acceptors (Lipinski definition) is 3. The van der Waals surface area contributed by atoms with Crippen molar-refractivity contribution in [2.75, 3.05) is 6.54 Å². The maximum atomic E-state index is 13.9. The van der Waals surface area contributed by atoms with Crippen LogP contribution in [-0.2, 0) is 19.5 Å². The summed E-state index contributed by atoms with van der Waals surface area (Å²) in [5.41, 5.74) is 2.36. The molecule has 1 aliphatic heterocycles. The van der Waals surface area contributed by atoms with Crippen LogP contribution in [0.2, 0.25) is 0 Å². The monoisotopic (exact) mass is 353 g/mol. The smallest absolute Gasteiger partial charge is 0.254 e. The van der Waals surface area contributed by atoms with Gasteiger partial charge in [-0.15, -0.1) is 0 Å². The summed E-state index contributed by atoms with van der Waals surface area (Å²) >= 11 is 0. The molecule has 0 atom stereocenters. The first-order valence-electron chi connectivity index (χ1n) is 8.44. The van der Waals surface area contributed by atoms with Gasteiger partial charge in [0.25, 0.3) is 5.56 Å². The Morgan fingerprint density at radius 3 is 2.69 bits per heavy atom. The van der Waals surface area contributed by atoms with Gasteiger partial charge in [-0.25, -0.2) is 13.8 Å². The minimum Gasteiger partial charge on any atom is -0.306 e. The van der Waals surface area contributed by atoms with Crippen LogP contribution in [0.15, 0.2) is 53.3 Å². The van der Waals surface area contributed by atoms with E-state index in [2.05, 4.69) is 9.97 Å². The third-order valence-corrected chi connectivity index (χ3v) is 4.63. The Morgan fingerprint density at radius 1 is 1.08 bits per heavy atom. The zero-order valence-corrected chi connectivity index (χ0v) is 14.0. The normalized spacial score (nSPS) is 14.2. The summed E-state index contributed by atoms with van der Waals surface area (Å²) in [4.78, 5) is 21.8. The largest absolute Gasteiger partial charge is 0.306 e. The van der Waals surface area contributed by atoms with Crippen molar-refractivity contribution in [1.29, 1.82) is 0 Å². The van der Waals surface area contributed by atoms with Gasteiger partial charge in [-0.3, -0.25) is 9.69 Å². The molecule has 132 valence electrons. The van der Waals surface area contributed by atoms with Gasteiger partial charge in [0.1, 0.15) is 5.82 Å². The fourth-order valence-corrected chi connectivity index (χ4v) is 3.27. The van der Waals surface area contributed by atoms with Crippen molar-refractivity contribution < 1.29 is 8.78 Å².